The number of aromatic nitrogens is 4. The van der Waals surface area contributed by atoms with E-state index in [0.29, 0.717) is 11.0 Å². The molecule has 1 atom stereocenters. The van der Waals surface area contributed by atoms with Crippen LogP contribution in [0.2, 0.25) is 0 Å². The zero-order valence-electron chi connectivity index (χ0n) is 12.4. The van der Waals surface area contributed by atoms with Crippen molar-refractivity contribution in [3.8, 4) is 11.4 Å². The SMILES string of the molecule is CC(Sc1nnc(-c2cccnc2)[nH]1)C(=O)Nc1ccccc1. The highest BCUT2D eigenvalue weighted by Gasteiger charge is 2.17. The monoisotopic (exact) mass is 325 g/mol. The Kier molecular flexibility index (Phi) is 4.68. The molecule has 6 nitrogen and oxygen atoms in total. The Labute approximate surface area is 137 Å². The summed E-state index contributed by atoms with van der Waals surface area (Å²) in [7, 11) is 0. The number of hydrogen-bond acceptors (Lipinski definition) is 5. The number of aromatic amines is 1. The minimum atomic E-state index is -0.301. The van der Waals surface area contributed by atoms with Gasteiger partial charge < -0.3 is 10.3 Å². The fraction of sp³-hybridized carbons (Fsp3) is 0.125. The molecule has 0 aliphatic carbocycles. The van der Waals surface area contributed by atoms with Crippen LogP contribution in [0.1, 0.15) is 6.92 Å². The fourth-order valence-corrected chi connectivity index (χ4v) is 2.66. The number of H-pyrrole nitrogens is 1. The summed E-state index contributed by atoms with van der Waals surface area (Å²) in [6.45, 7) is 1.83. The molecular weight excluding hydrogens is 310 g/mol. The summed E-state index contributed by atoms with van der Waals surface area (Å²) < 4.78 is 0. The summed E-state index contributed by atoms with van der Waals surface area (Å²) >= 11 is 1.32. The molecule has 1 unspecified atom stereocenters. The largest absolute Gasteiger partial charge is 0.325 e. The fourth-order valence-electron chi connectivity index (χ4n) is 1.92. The highest BCUT2D eigenvalue weighted by molar-refractivity contribution is 8.00. The molecule has 0 saturated heterocycles. The van der Waals surface area contributed by atoms with E-state index in [0.717, 1.165) is 11.3 Å². The maximum Gasteiger partial charge on any atom is 0.237 e. The third kappa shape index (κ3) is 3.95. The minimum Gasteiger partial charge on any atom is -0.325 e. The lowest BCUT2D eigenvalue weighted by Gasteiger charge is -2.10. The zero-order valence-corrected chi connectivity index (χ0v) is 13.2. The number of amides is 1. The van der Waals surface area contributed by atoms with Gasteiger partial charge in [-0.05, 0) is 31.2 Å². The second kappa shape index (κ2) is 7.06. The molecule has 0 bridgehead atoms. The Morgan fingerprint density at radius 1 is 1.17 bits per heavy atom. The first-order valence-corrected chi connectivity index (χ1v) is 7.96. The molecule has 2 aromatic heterocycles. The molecular formula is C16H15N5OS. The van der Waals surface area contributed by atoms with Crippen molar-refractivity contribution in [1.29, 1.82) is 0 Å². The van der Waals surface area contributed by atoms with Gasteiger partial charge in [0.05, 0.1) is 5.25 Å². The standard InChI is InChI=1S/C16H15N5OS/c1-11(15(22)18-13-7-3-2-4-8-13)23-16-19-14(20-21-16)12-6-5-9-17-10-12/h2-11H,1H3,(H,18,22)(H,19,20,21). The van der Waals surface area contributed by atoms with Gasteiger partial charge in [-0.25, -0.2) is 0 Å². The average molecular weight is 325 g/mol. The molecule has 0 radical (unpaired) electrons. The Hall–Kier alpha value is -2.67. The van der Waals surface area contributed by atoms with E-state index in [-0.39, 0.29) is 11.2 Å². The van der Waals surface area contributed by atoms with Crippen molar-refractivity contribution in [2.45, 2.75) is 17.3 Å². The van der Waals surface area contributed by atoms with Crippen LogP contribution >= 0.6 is 11.8 Å². The zero-order chi connectivity index (χ0) is 16.1. The number of rotatable bonds is 5. The Bertz CT molecular complexity index is 775. The number of thioether (sulfide) groups is 1. The molecule has 0 spiro atoms. The number of pyridine rings is 1. The van der Waals surface area contributed by atoms with Gasteiger partial charge in [0, 0.05) is 23.6 Å². The van der Waals surface area contributed by atoms with Gasteiger partial charge in [-0.2, -0.15) is 0 Å². The van der Waals surface area contributed by atoms with Gasteiger partial charge in [0.1, 0.15) is 0 Å². The van der Waals surface area contributed by atoms with E-state index in [9.17, 15) is 4.79 Å². The van der Waals surface area contributed by atoms with Gasteiger partial charge in [-0.15, -0.1) is 10.2 Å². The minimum absolute atomic E-state index is 0.0828. The molecule has 1 amide bonds. The molecule has 2 heterocycles. The molecule has 7 heteroatoms. The van der Waals surface area contributed by atoms with Crippen molar-refractivity contribution in [2.75, 3.05) is 5.32 Å². The predicted octanol–water partition coefficient (Wildman–Crippen LogP) is 2.99. The smallest absolute Gasteiger partial charge is 0.237 e. The number of nitrogens with zero attached hydrogens (tertiary/aromatic N) is 3. The van der Waals surface area contributed by atoms with Crippen LogP contribution in [0.4, 0.5) is 5.69 Å². The van der Waals surface area contributed by atoms with Gasteiger partial charge in [-0.1, -0.05) is 30.0 Å². The molecule has 1 aromatic carbocycles. The summed E-state index contributed by atoms with van der Waals surface area (Å²) in [4.78, 5) is 19.3. The van der Waals surface area contributed by atoms with E-state index in [4.69, 9.17) is 0 Å². The molecule has 0 saturated carbocycles. The first-order valence-electron chi connectivity index (χ1n) is 7.08. The van der Waals surface area contributed by atoms with Gasteiger partial charge in [0.2, 0.25) is 5.91 Å². The summed E-state index contributed by atoms with van der Waals surface area (Å²) in [5, 5.41) is 11.3. The van der Waals surface area contributed by atoms with Crippen molar-refractivity contribution in [1.82, 2.24) is 20.2 Å². The molecule has 3 aromatic rings. The summed E-state index contributed by atoms with van der Waals surface area (Å²) in [6.07, 6.45) is 3.41. The molecule has 0 aliphatic rings. The van der Waals surface area contributed by atoms with Crippen LogP contribution in [0, 0.1) is 0 Å². The van der Waals surface area contributed by atoms with Crippen molar-refractivity contribution < 1.29 is 4.79 Å². The summed E-state index contributed by atoms with van der Waals surface area (Å²) in [5.41, 5.74) is 1.63. The van der Waals surface area contributed by atoms with Crippen LogP contribution in [0.5, 0.6) is 0 Å². The van der Waals surface area contributed by atoms with Crippen LogP contribution in [-0.2, 0) is 4.79 Å². The number of anilines is 1. The third-order valence-corrected chi connectivity index (χ3v) is 4.07. The Morgan fingerprint density at radius 2 is 2.00 bits per heavy atom. The quantitative estimate of drug-likeness (QED) is 0.705. The van der Waals surface area contributed by atoms with Crippen LogP contribution in [0.15, 0.2) is 60.0 Å². The second-order valence-electron chi connectivity index (χ2n) is 4.84. The number of carbonyl (C=O) groups is 1. The lowest BCUT2D eigenvalue weighted by Crippen LogP contribution is -2.22. The Balaban J connectivity index is 1.63. The Morgan fingerprint density at radius 3 is 2.74 bits per heavy atom. The lowest BCUT2D eigenvalue weighted by atomic mass is 10.3. The molecule has 2 N–H and O–H groups in total. The first-order chi connectivity index (χ1) is 11.2. The summed E-state index contributed by atoms with van der Waals surface area (Å²) in [6, 6.07) is 13.1. The van der Waals surface area contributed by atoms with Crippen LogP contribution in [0.3, 0.4) is 0 Å². The third-order valence-electron chi connectivity index (χ3n) is 3.10. The van der Waals surface area contributed by atoms with Crippen molar-refractivity contribution in [3.05, 3.63) is 54.9 Å². The van der Waals surface area contributed by atoms with Crippen molar-refractivity contribution in [2.24, 2.45) is 0 Å². The van der Waals surface area contributed by atoms with Crippen LogP contribution < -0.4 is 5.32 Å². The molecule has 23 heavy (non-hydrogen) atoms. The first kappa shape index (κ1) is 15.2. The van der Waals surface area contributed by atoms with Gasteiger partial charge in [0.15, 0.2) is 11.0 Å². The number of hydrogen-bond donors (Lipinski definition) is 2. The molecule has 0 aliphatic heterocycles. The number of benzene rings is 1. The van der Waals surface area contributed by atoms with Crippen LogP contribution in [-0.4, -0.2) is 31.3 Å². The average Bonchev–Trinajstić information content (AvgIpc) is 3.05. The van der Waals surface area contributed by atoms with E-state index in [1.165, 1.54) is 11.8 Å². The number of para-hydroxylation sites is 1. The highest BCUT2D eigenvalue weighted by atomic mass is 32.2. The highest BCUT2D eigenvalue weighted by Crippen LogP contribution is 2.23. The van der Waals surface area contributed by atoms with E-state index < -0.39 is 0 Å². The van der Waals surface area contributed by atoms with E-state index in [2.05, 4.69) is 25.5 Å². The topological polar surface area (TPSA) is 83.6 Å². The van der Waals surface area contributed by atoms with Gasteiger partial charge in [-0.3, -0.25) is 9.78 Å². The normalized spacial score (nSPS) is 11.9. The van der Waals surface area contributed by atoms with Gasteiger partial charge in [0.25, 0.3) is 0 Å². The summed E-state index contributed by atoms with van der Waals surface area (Å²) in [5.74, 6) is 0.553. The molecule has 116 valence electrons. The number of carbonyl (C=O) groups excluding carboxylic acids is 1. The maximum atomic E-state index is 12.2. The van der Waals surface area contributed by atoms with E-state index in [1.807, 2.05) is 49.4 Å². The van der Waals surface area contributed by atoms with Gasteiger partial charge >= 0.3 is 0 Å². The number of nitrogens with one attached hydrogen (secondary N) is 2. The lowest BCUT2D eigenvalue weighted by molar-refractivity contribution is -0.115. The van der Waals surface area contributed by atoms with Crippen LogP contribution in [0.25, 0.3) is 11.4 Å². The van der Waals surface area contributed by atoms with E-state index >= 15 is 0 Å². The maximum absolute atomic E-state index is 12.2. The van der Waals surface area contributed by atoms with Crippen molar-refractivity contribution >= 4 is 23.4 Å². The van der Waals surface area contributed by atoms with Crippen molar-refractivity contribution in [3.63, 3.8) is 0 Å². The molecule has 3 rings (SSSR count). The predicted molar refractivity (Wildman–Crippen MR) is 90.0 cm³/mol. The second-order valence-corrected chi connectivity index (χ2v) is 6.17. The molecule has 0 fully saturated rings. The van der Waals surface area contributed by atoms with E-state index in [1.54, 1.807) is 12.4 Å².